The number of allylic oxidation sites excluding steroid dienone is 1. The molecule has 1 aromatic carbocycles. The van der Waals surface area contributed by atoms with Crippen molar-refractivity contribution >= 4 is 35.2 Å². The molecule has 198 valence electrons. The van der Waals surface area contributed by atoms with E-state index in [4.69, 9.17) is 14.0 Å². The summed E-state index contributed by atoms with van der Waals surface area (Å²) in [6.07, 6.45) is -0.543. The van der Waals surface area contributed by atoms with Gasteiger partial charge in [-0.05, 0) is 33.8 Å². The molecule has 1 saturated heterocycles. The Kier molecular flexibility index (Phi) is 6.89. The summed E-state index contributed by atoms with van der Waals surface area (Å²) >= 11 is 0. The second-order valence-corrected chi connectivity index (χ2v) is 9.58. The van der Waals surface area contributed by atoms with E-state index in [2.05, 4.69) is 5.16 Å². The first-order chi connectivity index (χ1) is 17.3. The van der Waals surface area contributed by atoms with Gasteiger partial charge in [-0.25, -0.2) is 22.8 Å². The van der Waals surface area contributed by atoms with E-state index in [1.807, 2.05) is 0 Å². The summed E-state index contributed by atoms with van der Waals surface area (Å²) in [5, 5.41) is 3.81. The van der Waals surface area contributed by atoms with Crippen LogP contribution in [-0.2, 0) is 14.3 Å². The molecule has 2 aliphatic heterocycles. The first-order valence-electron chi connectivity index (χ1n) is 11.4. The van der Waals surface area contributed by atoms with E-state index in [1.165, 1.54) is 12.3 Å². The molecular weight excluding hydrogens is 497 g/mol. The molecule has 3 heterocycles. The second-order valence-electron chi connectivity index (χ2n) is 9.58. The van der Waals surface area contributed by atoms with Crippen molar-refractivity contribution in [2.24, 2.45) is 0 Å². The number of carbonyl (C=O) groups is 3. The van der Waals surface area contributed by atoms with Crippen molar-refractivity contribution in [1.82, 2.24) is 5.16 Å². The molecule has 13 heteroatoms. The SMILES string of the molecule is Cc1cc(N(CC2CN(c3cc(F)c(N4C=CC(=O)CC4)c(F)c3F)C(=O)O2)C(=O)OC(C)(C)C)no1. The van der Waals surface area contributed by atoms with Gasteiger partial charge in [-0.3, -0.25) is 14.6 Å². The van der Waals surface area contributed by atoms with Crippen LogP contribution in [-0.4, -0.2) is 54.5 Å². The van der Waals surface area contributed by atoms with Gasteiger partial charge in [0.15, 0.2) is 29.1 Å². The fourth-order valence-corrected chi connectivity index (χ4v) is 3.86. The molecule has 2 amide bonds. The molecule has 1 fully saturated rings. The van der Waals surface area contributed by atoms with Gasteiger partial charge in [0.05, 0.1) is 18.8 Å². The lowest BCUT2D eigenvalue weighted by Crippen LogP contribution is -2.42. The summed E-state index contributed by atoms with van der Waals surface area (Å²) in [5.74, 6) is -3.82. The molecule has 10 nitrogen and oxygen atoms in total. The van der Waals surface area contributed by atoms with Crippen LogP contribution in [0.2, 0.25) is 0 Å². The van der Waals surface area contributed by atoms with E-state index in [9.17, 15) is 23.2 Å². The first-order valence-corrected chi connectivity index (χ1v) is 11.4. The molecule has 0 bridgehead atoms. The lowest BCUT2D eigenvalue weighted by atomic mass is 10.1. The van der Waals surface area contributed by atoms with Gasteiger partial charge in [0.1, 0.15) is 23.2 Å². The van der Waals surface area contributed by atoms with Crippen molar-refractivity contribution in [3.63, 3.8) is 0 Å². The smallest absolute Gasteiger partial charge is 0.416 e. The van der Waals surface area contributed by atoms with E-state index >= 15 is 4.39 Å². The normalized spacial score (nSPS) is 17.9. The van der Waals surface area contributed by atoms with Crippen LogP contribution in [0, 0.1) is 24.4 Å². The number of cyclic esters (lactones) is 1. The molecule has 0 saturated carbocycles. The van der Waals surface area contributed by atoms with Crippen molar-refractivity contribution in [1.29, 1.82) is 0 Å². The topological polar surface area (TPSA) is 105 Å². The molecular formula is C24H25F3N4O6. The summed E-state index contributed by atoms with van der Waals surface area (Å²) < 4.78 is 60.6. The number of ether oxygens (including phenoxy) is 2. The van der Waals surface area contributed by atoms with Crippen LogP contribution in [0.5, 0.6) is 0 Å². The monoisotopic (exact) mass is 522 g/mol. The highest BCUT2D eigenvalue weighted by Gasteiger charge is 2.39. The molecule has 0 radical (unpaired) electrons. The van der Waals surface area contributed by atoms with Crippen molar-refractivity contribution in [2.75, 3.05) is 34.3 Å². The summed E-state index contributed by atoms with van der Waals surface area (Å²) in [7, 11) is 0. The molecule has 2 aliphatic rings. The van der Waals surface area contributed by atoms with Crippen molar-refractivity contribution in [2.45, 2.75) is 45.8 Å². The number of hydrogen-bond acceptors (Lipinski definition) is 8. The minimum Gasteiger partial charge on any atom is -0.443 e. The number of halogens is 3. The summed E-state index contributed by atoms with van der Waals surface area (Å²) in [6.45, 7) is 6.03. The third kappa shape index (κ3) is 5.54. The average molecular weight is 522 g/mol. The summed E-state index contributed by atoms with van der Waals surface area (Å²) in [6, 6.07) is 2.17. The molecule has 2 aromatic rings. The summed E-state index contributed by atoms with van der Waals surface area (Å²) in [5.41, 5.74) is -2.18. The second kappa shape index (κ2) is 9.79. The number of hydrogen-bond donors (Lipinski definition) is 0. The van der Waals surface area contributed by atoms with Crippen LogP contribution in [0.4, 0.5) is 40.0 Å². The van der Waals surface area contributed by atoms with Gasteiger partial charge in [-0.15, -0.1) is 0 Å². The number of amides is 2. The number of carbonyl (C=O) groups excluding carboxylic acids is 3. The lowest BCUT2D eigenvalue weighted by Gasteiger charge is -2.27. The Morgan fingerprint density at radius 2 is 1.95 bits per heavy atom. The predicted molar refractivity (Wildman–Crippen MR) is 125 cm³/mol. The van der Waals surface area contributed by atoms with Crippen molar-refractivity contribution in [3.05, 3.63) is 47.6 Å². The Morgan fingerprint density at radius 1 is 1.22 bits per heavy atom. The standard InChI is InChI=1S/C24H25F3N4O6/c1-13-9-18(28-37-13)31(23(34)36-24(2,3)4)12-15-11-30(22(33)35-15)17-10-16(25)21(20(27)19(17)26)29-7-5-14(32)6-8-29/h5,7,9-10,15H,6,8,11-12H2,1-4H3. The van der Waals surface area contributed by atoms with Crippen molar-refractivity contribution in [3.8, 4) is 0 Å². The van der Waals surface area contributed by atoms with Gasteiger partial charge in [-0.2, -0.15) is 0 Å². The Hall–Kier alpha value is -4.03. The Balaban J connectivity index is 1.57. The third-order valence-corrected chi connectivity index (χ3v) is 5.50. The molecule has 4 rings (SSSR count). The quantitative estimate of drug-likeness (QED) is 0.530. The fourth-order valence-electron chi connectivity index (χ4n) is 3.86. The number of rotatable bonds is 5. The van der Waals surface area contributed by atoms with E-state index in [0.29, 0.717) is 11.8 Å². The number of aromatic nitrogens is 1. The molecule has 1 aromatic heterocycles. The average Bonchev–Trinajstić information content (AvgIpc) is 3.39. The first kappa shape index (κ1) is 26.0. The van der Waals surface area contributed by atoms with Gasteiger partial charge >= 0.3 is 12.2 Å². The Labute approximate surface area is 210 Å². The maximum atomic E-state index is 15.1. The minimum atomic E-state index is -1.52. The van der Waals surface area contributed by atoms with Gasteiger partial charge in [-0.1, -0.05) is 5.16 Å². The number of anilines is 3. The van der Waals surface area contributed by atoms with E-state index in [1.54, 1.807) is 27.7 Å². The fraction of sp³-hybridized carbons (Fsp3) is 0.417. The zero-order valence-electron chi connectivity index (χ0n) is 20.6. The third-order valence-electron chi connectivity index (χ3n) is 5.50. The van der Waals surface area contributed by atoms with Crippen molar-refractivity contribution < 1.29 is 41.6 Å². The highest BCUT2D eigenvalue weighted by atomic mass is 19.2. The zero-order chi connectivity index (χ0) is 27.1. The molecule has 1 unspecified atom stereocenters. The zero-order valence-corrected chi connectivity index (χ0v) is 20.6. The van der Waals surface area contributed by atoms with Gasteiger partial charge in [0.25, 0.3) is 0 Å². The maximum Gasteiger partial charge on any atom is 0.416 e. The number of ketones is 1. The highest BCUT2D eigenvalue weighted by molar-refractivity contribution is 5.93. The predicted octanol–water partition coefficient (Wildman–Crippen LogP) is 4.46. The number of nitrogens with zero attached hydrogens (tertiary/aromatic N) is 4. The van der Waals surface area contributed by atoms with E-state index in [-0.39, 0.29) is 37.7 Å². The highest BCUT2D eigenvalue weighted by Crippen LogP contribution is 2.35. The Morgan fingerprint density at radius 3 is 2.54 bits per heavy atom. The minimum absolute atomic E-state index is 0.0120. The molecule has 0 spiro atoms. The van der Waals surface area contributed by atoms with Crippen LogP contribution in [0.1, 0.15) is 33.0 Å². The molecule has 0 aliphatic carbocycles. The van der Waals surface area contributed by atoms with E-state index < -0.39 is 52.7 Å². The number of aryl methyl sites for hydroxylation is 1. The molecule has 0 N–H and O–H groups in total. The number of benzene rings is 1. The maximum absolute atomic E-state index is 15.1. The lowest BCUT2D eigenvalue weighted by molar-refractivity contribution is -0.114. The van der Waals surface area contributed by atoms with Crippen LogP contribution in [0.3, 0.4) is 0 Å². The largest absolute Gasteiger partial charge is 0.443 e. The molecule has 37 heavy (non-hydrogen) atoms. The van der Waals surface area contributed by atoms with Gasteiger partial charge < -0.3 is 18.9 Å². The van der Waals surface area contributed by atoms with E-state index in [0.717, 1.165) is 20.8 Å². The van der Waals surface area contributed by atoms with Crippen LogP contribution in [0.15, 0.2) is 28.9 Å². The summed E-state index contributed by atoms with van der Waals surface area (Å²) in [4.78, 5) is 39.7. The van der Waals surface area contributed by atoms with Gasteiger partial charge in [0, 0.05) is 31.3 Å². The van der Waals surface area contributed by atoms with Crippen LogP contribution >= 0.6 is 0 Å². The Bertz CT molecular complexity index is 1270. The van der Waals surface area contributed by atoms with Crippen LogP contribution < -0.4 is 14.7 Å². The van der Waals surface area contributed by atoms with Crippen LogP contribution in [0.25, 0.3) is 0 Å². The molecule has 1 atom stereocenters. The van der Waals surface area contributed by atoms with Gasteiger partial charge in [0.2, 0.25) is 0 Å².